The predicted octanol–water partition coefficient (Wildman–Crippen LogP) is -1.05. The van der Waals surface area contributed by atoms with Crippen molar-refractivity contribution in [2.75, 3.05) is 0 Å². The first-order valence-electron chi connectivity index (χ1n) is 8.66. The van der Waals surface area contributed by atoms with Crippen LogP contribution in [0.25, 0.3) is 0 Å². The summed E-state index contributed by atoms with van der Waals surface area (Å²) in [6.07, 6.45) is -1.53. The molecule has 3 unspecified atom stereocenters. The smallest absolute Gasteiger partial charge is 0.326 e. The lowest BCUT2D eigenvalue weighted by atomic mass is 10.0. The molecule has 3 atom stereocenters. The van der Waals surface area contributed by atoms with Gasteiger partial charge in [0, 0.05) is 12.8 Å². The van der Waals surface area contributed by atoms with Crippen LogP contribution in [0.4, 0.5) is 0 Å². The van der Waals surface area contributed by atoms with Gasteiger partial charge >= 0.3 is 17.9 Å². The van der Waals surface area contributed by atoms with Crippen molar-refractivity contribution < 1.29 is 39.3 Å². The van der Waals surface area contributed by atoms with E-state index in [4.69, 9.17) is 15.9 Å². The van der Waals surface area contributed by atoms with Gasteiger partial charge < -0.3 is 31.7 Å². The van der Waals surface area contributed by atoms with Crippen molar-refractivity contribution in [2.24, 2.45) is 5.73 Å². The van der Waals surface area contributed by atoms with Gasteiger partial charge in [0.1, 0.15) is 12.1 Å². The summed E-state index contributed by atoms with van der Waals surface area (Å²) in [5.74, 6) is -5.75. The first kappa shape index (κ1) is 23.6. The average Bonchev–Trinajstić information content (AvgIpc) is 2.64. The normalized spacial score (nSPS) is 13.6. The van der Waals surface area contributed by atoms with Crippen molar-refractivity contribution in [3.8, 4) is 0 Å². The monoisotopic (exact) mass is 409 g/mol. The summed E-state index contributed by atoms with van der Waals surface area (Å²) in [7, 11) is 0. The van der Waals surface area contributed by atoms with Gasteiger partial charge in [0.05, 0.1) is 12.5 Å². The fraction of sp³-hybridized carbons (Fsp3) is 0.389. The summed E-state index contributed by atoms with van der Waals surface area (Å²) in [5, 5.41) is 31.4. The van der Waals surface area contributed by atoms with Crippen LogP contribution in [0.1, 0.15) is 24.8 Å². The summed E-state index contributed by atoms with van der Waals surface area (Å²) < 4.78 is 0. The molecular weight excluding hydrogens is 386 g/mol. The van der Waals surface area contributed by atoms with E-state index < -0.39 is 60.7 Å². The highest BCUT2D eigenvalue weighted by molar-refractivity contribution is 5.93. The first-order chi connectivity index (χ1) is 13.6. The van der Waals surface area contributed by atoms with Gasteiger partial charge in [-0.15, -0.1) is 0 Å². The van der Waals surface area contributed by atoms with Crippen molar-refractivity contribution in [2.45, 2.75) is 43.8 Å². The highest BCUT2D eigenvalue weighted by Crippen LogP contribution is 2.06. The van der Waals surface area contributed by atoms with Crippen LogP contribution in [-0.4, -0.2) is 63.2 Å². The first-order valence-corrected chi connectivity index (χ1v) is 8.66. The number of nitrogens with two attached hydrogens (primary N) is 1. The number of nitrogens with one attached hydrogen (secondary N) is 2. The summed E-state index contributed by atoms with van der Waals surface area (Å²) >= 11 is 0. The average molecular weight is 409 g/mol. The van der Waals surface area contributed by atoms with Gasteiger partial charge in [0.25, 0.3) is 0 Å². The molecule has 0 aliphatic carbocycles. The SMILES string of the molecule is NC(CC(=O)O)C(=O)NC(CCC(=O)O)C(=O)NC(Cc1ccccc1)C(=O)O. The zero-order valence-electron chi connectivity index (χ0n) is 15.4. The van der Waals surface area contributed by atoms with Crippen LogP contribution in [0.5, 0.6) is 0 Å². The van der Waals surface area contributed by atoms with Gasteiger partial charge in [-0.3, -0.25) is 19.2 Å². The lowest BCUT2D eigenvalue weighted by Gasteiger charge is -2.22. The number of hydrogen-bond acceptors (Lipinski definition) is 6. The Labute approximate surface area is 165 Å². The van der Waals surface area contributed by atoms with E-state index in [-0.39, 0.29) is 12.8 Å². The number of hydrogen-bond donors (Lipinski definition) is 6. The number of carboxylic acid groups (broad SMARTS) is 3. The summed E-state index contributed by atoms with van der Waals surface area (Å²) in [6.45, 7) is 0. The molecule has 11 nitrogen and oxygen atoms in total. The molecule has 1 aromatic rings. The van der Waals surface area contributed by atoms with Crippen molar-refractivity contribution >= 4 is 29.7 Å². The molecule has 0 aromatic heterocycles. The third kappa shape index (κ3) is 8.84. The molecule has 2 amide bonds. The van der Waals surface area contributed by atoms with Crippen LogP contribution < -0.4 is 16.4 Å². The van der Waals surface area contributed by atoms with Crippen LogP contribution >= 0.6 is 0 Å². The Morgan fingerprint density at radius 3 is 1.97 bits per heavy atom. The summed E-state index contributed by atoms with van der Waals surface area (Å²) in [5.41, 5.74) is 6.09. The lowest BCUT2D eigenvalue weighted by molar-refractivity contribution is -0.143. The second kappa shape index (κ2) is 11.4. The zero-order chi connectivity index (χ0) is 22.0. The Balaban J connectivity index is 2.87. The number of carboxylic acids is 3. The molecule has 0 saturated carbocycles. The number of benzene rings is 1. The lowest BCUT2D eigenvalue weighted by Crippen LogP contribution is -2.55. The van der Waals surface area contributed by atoms with Gasteiger partial charge in [-0.25, -0.2) is 4.79 Å². The van der Waals surface area contributed by atoms with Gasteiger partial charge in [0.2, 0.25) is 11.8 Å². The molecule has 7 N–H and O–H groups in total. The predicted molar refractivity (Wildman–Crippen MR) is 98.7 cm³/mol. The van der Waals surface area contributed by atoms with Crippen molar-refractivity contribution in [3.05, 3.63) is 35.9 Å². The topological polar surface area (TPSA) is 196 Å². The maximum absolute atomic E-state index is 12.5. The number of rotatable bonds is 12. The molecule has 1 rings (SSSR count). The van der Waals surface area contributed by atoms with E-state index in [2.05, 4.69) is 10.6 Å². The van der Waals surface area contributed by atoms with E-state index in [9.17, 15) is 29.1 Å². The highest BCUT2D eigenvalue weighted by atomic mass is 16.4. The molecule has 0 fully saturated rings. The third-order valence-electron chi connectivity index (χ3n) is 3.91. The van der Waals surface area contributed by atoms with E-state index in [0.717, 1.165) is 0 Å². The van der Waals surface area contributed by atoms with Crippen LogP contribution in [0, 0.1) is 0 Å². The third-order valence-corrected chi connectivity index (χ3v) is 3.91. The van der Waals surface area contributed by atoms with Gasteiger partial charge in [0.15, 0.2) is 0 Å². The number of carbonyl (C=O) groups is 5. The molecule has 0 saturated heterocycles. The van der Waals surface area contributed by atoms with Crippen molar-refractivity contribution in [1.29, 1.82) is 0 Å². The molecule has 0 aliphatic rings. The fourth-order valence-electron chi connectivity index (χ4n) is 2.42. The molecule has 0 radical (unpaired) electrons. The maximum atomic E-state index is 12.5. The molecule has 1 aromatic carbocycles. The Morgan fingerprint density at radius 1 is 0.862 bits per heavy atom. The number of carbonyl (C=O) groups excluding carboxylic acids is 2. The Kier molecular flexibility index (Phi) is 9.26. The summed E-state index contributed by atoms with van der Waals surface area (Å²) in [6, 6.07) is 4.35. The Bertz CT molecular complexity index is 753. The summed E-state index contributed by atoms with van der Waals surface area (Å²) in [4.78, 5) is 57.5. The van der Waals surface area contributed by atoms with Crippen LogP contribution in [0.2, 0.25) is 0 Å². The van der Waals surface area contributed by atoms with Crippen LogP contribution in [0.15, 0.2) is 30.3 Å². The molecule has 0 spiro atoms. The highest BCUT2D eigenvalue weighted by Gasteiger charge is 2.29. The van der Waals surface area contributed by atoms with E-state index in [1.807, 2.05) is 0 Å². The molecule has 0 aliphatic heterocycles. The Hall–Kier alpha value is -3.47. The number of amides is 2. The molecule has 158 valence electrons. The van der Waals surface area contributed by atoms with Crippen LogP contribution in [-0.2, 0) is 30.4 Å². The Morgan fingerprint density at radius 2 is 1.45 bits per heavy atom. The van der Waals surface area contributed by atoms with E-state index in [0.29, 0.717) is 5.56 Å². The van der Waals surface area contributed by atoms with Gasteiger partial charge in [-0.2, -0.15) is 0 Å². The standard InChI is InChI=1S/C18H23N3O8/c19-11(9-15(24)25)16(26)20-12(6-7-14(22)23)17(27)21-13(18(28)29)8-10-4-2-1-3-5-10/h1-5,11-13H,6-9,19H2,(H,20,26)(H,21,27)(H,22,23)(H,24,25)(H,28,29). The maximum Gasteiger partial charge on any atom is 0.326 e. The fourth-order valence-corrected chi connectivity index (χ4v) is 2.42. The van der Waals surface area contributed by atoms with E-state index in [1.54, 1.807) is 30.3 Å². The van der Waals surface area contributed by atoms with Gasteiger partial charge in [-0.05, 0) is 12.0 Å². The molecule has 11 heteroatoms. The van der Waals surface area contributed by atoms with Crippen molar-refractivity contribution in [1.82, 2.24) is 10.6 Å². The van der Waals surface area contributed by atoms with E-state index in [1.165, 1.54) is 0 Å². The minimum Gasteiger partial charge on any atom is -0.481 e. The minimum absolute atomic E-state index is 0.0277. The van der Waals surface area contributed by atoms with Crippen molar-refractivity contribution in [3.63, 3.8) is 0 Å². The second-order valence-corrected chi connectivity index (χ2v) is 6.29. The van der Waals surface area contributed by atoms with Gasteiger partial charge in [-0.1, -0.05) is 30.3 Å². The quantitative estimate of drug-likeness (QED) is 0.249. The number of aliphatic carboxylic acids is 3. The zero-order valence-corrected chi connectivity index (χ0v) is 15.4. The van der Waals surface area contributed by atoms with E-state index >= 15 is 0 Å². The molecule has 29 heavy (non-hydrogen) atoms. The largest absolute Gasteiger partial charge is 0.481 e. The minimum atomic E-state index is -1.45. The molecule has 0 heterocycles. The molecule has 0 bridgehead atoms. The van der Waals surface area contributed by atoms with Crippen LogP contribution in [0.3, 0.4) is 0 Å². The second-order valence-electron chi connectivity index (χ2n) is 6.29. The molecular formula is C18H23N3O8.